The summed E-state index contributed by atoms with van der Waals surface area (Å²) >= 11 is -2.26. The van der Waals surface area contributed by atoms with Crippen LogP contribution in [0.25, 0.3) is 0 Å². The third-order valence-corrected chi connectivity index (χ3v) is 8.55. The Kier molecular flexibility index (Phi) is 12.3. The first-order valence-electron chi connectivity index (χ1n) is 14.5. The van der Waals surface area contributed by atoms with E-state index in [9.17, 15) is 39.0 Å². The van der Waals surface area contributed by atoms with Crippen molar-refractivity contribution in [3.63, 3.8) is 0 Å². The molecule has 0 amide bonds. The van der Waals surface area contributed by atoms with Gasteiger partial charge in [-0.15, -0.1) is 0 Å². The molecule has 0 saturated carbocycles. The average Bonchev–Trinajstić information content (AvgIpc) is 3.05. The molecule has 0 bridgehead atoms. The third kappa shape index (κ3) is 10.8. The summed E-state index contributed by atoms with van der Waals surface area (Å²) < 4.78 is 139. The van der Waals surface area contributed by atoms with Gasteiger partial charge in [-0.25, -0.2) is 4.21 Å². The van der Waals surface area contributed by atoms with E-state index in [1.807, 2.05) is 0 Å². The van der Waals surface area contributed by atoms with Crippen LogP contribution in [-0.2, 0) is 29.8 Å². The van der Waals surface area contributed by atoms with Crippen molar-refractivity contribution in [3.05, 3.63) is 119 Å². The number of oxime groups is 2. The van der Waals surface area contributed by atoms with Gasteiger partial charge in [-0.1, -0.05) is 45.7 Å². The van der Waals surface area contributed by atoms with Gasteiger partial charge in [0.2, 0.25) is 0 Å². The SMILES string of the molecule is Cc1ccc(S(=O)O/N=C(/c2ccc(OCCCOc3ccc(/C(=N/OS(=O)(=O)c4ccc(C)cc4)C(F)(F)F)cc3)cc2)C(F)(F)F)cc1. The standard InChI is InChI=1S/C33H28F6N2O7S2/c1-22-4-16-28(17-5-22)49(42)47-40-30(32(34,35)36)24-8-12-26(13-9-24)45-20-3-21-46-27-14-10-25(11-15-27)31(33(37,38)39)41-48-50(43,44)29-18-6-23(2)7-19-29/h4-19H,3,20-21H2,1-2H3/b40-30-,41-31-. The Balaban J connectivity index is 1.29. The fourth-order valence-electron chi connectivity index (χ4n) is 3.99. The van der Waals surface area contributed by atoms with Crippen molar-refractivity contribution in [2.75, 3.05) is 13.2 Å². The topological polar surface area (TPSA) is 113 Å². The second kappa shape index (κ2) is 16.2. The minimum Gasteiger partial charge on any atom is -0.493 e. The minimum atomic E-state index is -5.04. The van der Waals surface area contributed by atoms with E-state index in [0.29, 0.717) is 0 Å². The molecular formula is C33H28F6N2O7S2. The van der Waals surface area contributed by atoms with Crippen molar-refractivity contribution in [1.82, 2.24) is 0 Å². The highest BCUT2D eigenvalue weighted by molar-refractivity contribution is 7.86. The lowest BCUT2D eigenvalue weighted by Crippen LogP contribution is -2.25. The van der Waals surface area contributed by atoms with Crippen molar-refractivity contribution in [3.8, 4) is 11.5 Å². The summed E-state index contributed by atoms with van der Waals surface area (Å²) in [5, 5.41) is 6.01. The van der Waals surface area contributed by atoms with Crippen molar-refractivity contribution in [1.29, 1.82) is 0 Å². The number of halogens is 6. The molecule has 0 heterocycles. The summed E-state index contributed by atoms with van der Waals surface area (Å²) in [5.74, 6) is 0.423. The Hall–Kier alpha value is -4.90. The largest absolute Gasteiger partial charge is 0.493 e. The molecule has 50 heavy (non-hydrogen) atoms. The predicted molar refractivity (Wildman–Crippen MR) is 172 cm³/mol. The maximum atomic E-state index is 13.7. The zero-order chi connectivity index (χ0) is 36.5. The maximum Gasteiger partial charge on any atom is 0.437 e. The molecule has 0 radical (unpaired) electrons. The molecule has 0 aliphatic carbocycles. The molecule has 17 heteroatoms. The van der Waals surface area contributed by atoms with Gasteiger partial charge in [-0.05, 0) is 86.6 Å². The van der Waals surface area contributed by atoms with E-state index in [-0.39, 0.29) is 46.5 Å². The van der Waals surface area contributed by atoms with Gasteiger partial charge in [0.15, 0.2) is 11.4 Å². The van der Waals surface area contributed by atoms with Crippen LogP contribution in [0.1, 0.15) is 28.7 Å². The molecule has 1 atom stereocenters. The second-order valence-corrected chi connectivity index (χ2v) is 13.1. The summed E-state index contributed by atoms with van der Waals surface area (Å²) in [7, 11) is -4.60. The monoisotopic (exact) mass is 742 g/mol. The van der Waals surface area contributed by atoms with Crippen LogP contribution in [0.5, 0.6) is 11.5 Å². The minimum absolute atomic E-state index is 0.0654. The number of nitrogens with zero attached hydrogens (tertiary/aromatic N) is 2. The Morgan fingerprint density at radius 3 is 1.50 bits per heavy atom. The van der Waals surface area contributed by atoms with Gasteiger partial charge in [-0.3, -0.25) is 8.57 Å². The third-order valence-electron chi connectivity index (χ3n) is 6.56. The highest BCUT2D eigenvalue weighted by Crippen LogP contribution is 2.27. The molecule has 1 unspecified atom stereocenters. The molecule has 0 aromatic heterocycles. The number of aryl methyl sites for hydroxylation is 2. The Morgan fingerprint density at radius 1 is 0.640 bits per heavy atom. The summed E-state index contributed by atoms with van der Waals surface area (Å²) in [6.07, 6.45) is -9.67. The number of hydrogen-bond donors (Lipinski definition) is 0. The van der Waals surface area contributed by atoms with E-state index >= 15 is 0 Å². The molecule has 9 nitrogen and oxygen atoms in total. The second-order valence-electron chi connectivity index (χ2n) is 10.4. The summed E-state index contributed by atoms with van der Waals surface area (Å²) in [5.41, 5.74) is -2.19. The zero-order valence-corrected chi connectivity index (χ0v) is 27.8. The molecule has 0 fully saturated rings. The molecule has 266 valence electrons. The van der Waals surface area contributed by atoms with Gasteiger partial charge >= 0.3 is 22.5 Å². The summed E-state index contributed by atoms with van der Waals surface area (Å²) in [6, 6.07) is 20.7. The highest BCUT2D eigenvalue weighted by atomic mass is 32.2. The van der Waals surface area contributed by atoms with Gasteiger partial charge in [0, 0.05) is 17.5 Å². The van der Waals surface area contributed by atoms with Crippen LogP contribution in [0.2, 0.25) is 0 Å². The number of ether oxygens (including phenoxy) is 2. The van der Waals surface area contributed by atoms with Crippen LogP contribution >= 0.6 is 0 Å². The smallest absolute Gasteiger partial charge is 0.437 e. The number of rotatable bonds is 14. The highest BCUT2D eigenvalue weighted by Gasteiger charge is 2.39. The lowest BCUT2D eigenvalue weighted by molar-refractivity contribution is -0.0606. The maximum absolute atomic E-state index is 13.7. The van der Waals surface area contributed by atoms with E-state index in [1.165, 1.54) is 60.7 Å². The molecule has 4 rings (SSSR count). The van der Waals surface area contributed by atoms with Gasteiger partial charge in [-0.2, -0.15) is 34.8 Å². The molecule has 4 aromatic rings. The molecule has 0 spiro atoms. The molecule has 4 aromatic carbocycles. The van der Waals surface area contributed by atoms with Gasteiger partial charge in [0.25, 0.3) is 11.1 Å². The van der Waals surface area contributed by atoms with Crippen LogP contribution in [0.4, 0.5) is 26.3 Å². The van der Waals surface area contributed by atoms with Crippen LogP contribution in [0.15, 0.2) is 117 Å². The van der Waals surface area contributed by atoms with Crippen molar-refractivity contribution >= 4 is 32.6 Å². The van der Waals surface area contributed by atoms with Crippen molar-refractivity contribution in [2.24, 2.45) is 10.3 Å². The van der Waals surface area contributed by atoms with Crippen molar-refractivity contribution < 1.29 is 57.0 Å². The lowest BCUT2D eigenvalue weighted by atomic mass is 10.1. The molecule has 0 saturated heterocycles. The van der Waals surface area contributed by atoms with Crippen LogP contribution in [-0.4, -0.2) is 49.6 Å². The molecule has 0 aliphatic heterocycles. The molecule has 0 aliphatic rings. The van der Waals surface area contributed by atoms with E-state index < -0.39 is 50.5 Å². The van der Waals surface area contributed by atoms with Crippen molar-refractivity contribution in [2.45, 2.75) is 42.4 Å². The van der Waals surface area contributed by atoms with Gasteiger partial charge < -0.3 is 9.47 Å². The first-order valence-corrected chi connectivity index (χ1v) is 16.9. The number of hydrogen-bond acceptors (Lipinski definition) is 9. The van der Waals surface area contributed by atoms with Crippen LogP contribution < -0.4 is 9.47 Å². The normalized spacial score (nSPS) is 13.4. The van der Waals surface area contributed by atoms with E-state index in [4.69, 9.17) is 9.47 Å². The average molecular weight is 743 g/mol. The Morgan fingerprint density at radius 2 is 1.06 bits per heavy atom. The summed E-state index contributed by atoms with van der Waals surface area (Å²) in [6.45, 7) is 3.64. The Bertz CT molecular complexity index is 1930. The quantitative estimate of drug-likeness (QED) is 0.0560. The van der Waals surface area contributed by atoms with Gasteiger partial charge in [0.1, 0.15) is 16.4 Å². The molecular weight excluding hydrogens is 714 g/mol. The first kappa shape index (κ1) is 37.9. The van der Waals surface area contributed by atoms with Crippen LogP contribution in [0, 0.1) is 13.8 Å². The lowest BCUT2D eigenvalue weighted by Gasteiger charge is -2.12. The molecule has 0 N–H and O–H groups in total. The fraction of sp³-hybridized carbons (Fsp3) is 0.212. The predicted octanol–water partition coefficient (Wildman–Crippen LogP) is 7.83. The van der Waals surface area contributed by atoms with Gasteiger partial charge in [0.05, 0.1) is 18.1 Å². The van der Waals surface area contributed by atoms with E-state index in [1.54, 1.807) is 26.0 Å². The Labute approximate surface area is 285 Å². The van der Waals surface area contributed by atoms with E-state index in [0.717, 1.165) is 35.4 Å². The zero-order valence-electron chi connectivity index (χ0n) is 26.2. The van der Waals surface area contributed by atoms with E-state index in [2.05, 4.69) is 18.9 Å². The number of alkyl halides is 6. The van der Waals surface area contributed by atoms with Crippen LogP contribution in [0.3, 0.4) is 0 Å². The fourth-order valence-corrected chi connectivity index (χ4v) is 5.31. The summed E-state index contributed by atoms with van der Waals surface area (Å²) in [4.78, 5) is -0.219. The number of benzene rings is 4. The first-order chi connectivity index (χ1) is 23.5.